The number of piperidine rings is 1. The van der Waals surface area contributed by atoms with E-state index in [2.05, 4.69) is 5.32 Å². The van der Waals surface area contributed by atoms with Crippen molar-refractivity contribution in [1.29, 1.82) is 0 Å². The van der Waals surface area contributed by atoms with Gasteiger partial charge in [0.15, 0.2) is 0 Å². The van der Waals surface area contributed by atoms with E-state index in [-0.39, 0.29) is 12.4 Å². The number of hydrogen-bond acceptors (Lipinski definition) is 3. The van der Waals surface area contributed by atoms with Crippen LogP contribution in [-0.4, -0.2) is 50.7 Å². The van der Waals surface area contributed by atoms with Gasteiger partial charge in [-0.05, 0) is 56.5 Å². The Balaban J connectivity index is 0.00000147. The molecule has 3 aliphatic rings. The summed E-state index contributed by atoms with van der Waals surface area (Å²) in [4.78, 5) is 14.3. The Morgan fingerprint density at radius 1 is 1.35 bits per heavy atom. The molecule has 5 heteroatoms. The van der Waals surface area contributed by atoms with Crippen molar-refractivity contribution >= 4 is 18.3 Å². The van der Waals surface area contributed by atoms with Gasteiger partial charge in [0.25, 0.3) is 0 Å². The summed E-state index contributed by atoms with van der Waals surface area (Å²) in [7, 11) is 1.93. The van der Waals surface area contributed by atoms with Gasteiger partial charge in [-0.2, -0.15) is 0 Å². The minimum atomic E-state index is 0. The first-order valence-electron chi connectivity index (χ1n) is 7.75. The van der Waals surface area contributed by atoms with Crippen LogP contribution in [-0.2, 0) is 9.53 Å². The molecule has 0 aromatic rings. The SMILES string of the molecule is CN(CCOCC1CC1)C(=O)C1CC12CCNCC2.Cl. The maximum absolute atomic E-state index is 12.4. The highest BCUT2D eigenvalue weighted by molar-refractivity contribution is 5.85. The van der Waals surface area contributed by atoms with E-state index >= 15 is 0 Å². The lowest BCUT2D eigenvalue weighted by molar-refractivity contribution is -0.133. The Hall–Kier alpha value is -0.320. The predicted molar refractivity (Wildman–Crippen MR) is 81.1 cm³/mol. The van der Waals surface area contributed by atoms with E-state index in [9.17, 15) is 4.79 Å². The second-order valence-corrected chi connectivity index (χ2v) is 6.65. The van der Waals surface area contributed by atoms with Gasteiger partial charge in [-0.1, -0.05) is 0 Å². The van der Waals surface area contributed by atoms with Gasteiger partial charge in [0.05, 0.1) is 6.61 Å². The Bertz CT molecular complexity index is 341. The second-order valence-electron chi connectivity index (χ2n) is 6.65. The fourth-order valence-corrected chi connectivity index (χ4v) is 3.29. The molecule has 0 aromatic heterocycles. The molecule has 0 bridgehead atoms. The molecule has 1 spiro atoms. The van der Waals surface area contributed by atoms with E-state index in [0.29, 0.717) is 23.8 Å². The van der Waals surface area contributed by atoms with Gasteiger partial charge in [-0.3, -0.25) is 4.79 Å². The van der Waals surface area contributed by atoms with Gasteiger partial charge < -0.3 is 15.0 Å². The van der Waals surface area contributed by atoms with Crippen LogP contribution in [0.4, 0.5) is 0 Å². The van der Waals surface area contributed by atoms with E-state index in [4.69, 9.17) is 4.74 Å². The number of hydrogen-bond donors (Lipinski definition) is 1. The zero-order valence-corrected chi connectivity index (χ0v) is 13.2. The zero-order chi connectivity index (χ0) is 13.3. The number of nitrogens with one attached hydrogen (secondary N) is 1. The van der Waals surface area contributed by atoms with Crippen LogP contribution in [0.2, 0.25) is 0 Å². The number of carbonyl (C=O) groups excluding carboxylic acids is 1. The average Bonchev–Trinajstić information content (AvgIpc) is 3.33. The Morgan fingerprint density at radius 3 is 2.70 bits per heavy atom. The summed E-state index contributed by atoms with van der Waals surface area (Å²) in [5.41, 5.74) is 0.353. The molecule has 1 N–H and O–H groups in total. The van der Waals surface area contributed by atoms with E-state index in [1.807, 2.05) is 11.9 Å². The molecular weight excluding hydrogens is 276 g/mol. The Kier molecular flexibility index (Phi) is 5.32. The van der Waals surface area contributed by atoms with Gasteiger partial charge in [0, 0.05) is 26.1 Å². The standard InChI is InChI=1S/C15H26N2O2.ClH/c1-17(8-9-19-11-12-2-3-12)14(18)13-10-15(13)4-6-16-7-5-15;/h12-13,16H,2-11H2,1H3;1H. The van der Waals surface area contributed by atoms with Crippen molar-refractivity contribution in [3.63, 3.8) is 0 Å². The number of rotatable bonds is 6. The lowest BCUT2D eigenvalue weighted by Gasteiger charge is -2.25. The number of ether oxygens (including phenoxy) is 1. The largest absolute Gasteiger partial charge is 0.379 e. The van der Waals surface area contributed by atoms with Gasteiger partial charge in [-0.15, -0.1) is 12.4 Å². The highest BCUT2D eigenvalue weighted by Crippen LogP contribution is 2.59. The Morgan fingerprint density at radius 2 is 2.05 bits per heavy atom. The van der Waals surface area contributed by atoms with Crippen molar-refractivity contribution in [2.45, 2.75) is 32.1 Å². The van der Waals surface area contributed by atoms with Crippen LogP contribution >= 0.6 is 12.4 Å². The first-order valence-corrected chi connectivity index (χ1v) is 7.75. The summed E-state index contributed by atoms with van der Waals surface area (Å²) in [5, 5.41) is 3.38. The number of halogens is 1. The molecule has 0 aromatic carbocycles. The monoisotopic (exact) mass is 302 g/mol. The molecule has 4 nitrogen and oxygen atoms in total. The van der Waals surface area contributed by atoms with E-state index < -0.39 is 0 Å². The molecule has 116 valence electrons. The molecule has 2 saturated carbocycles. The third kappa shape index (κ3) is 3.66. The zero-order valence-electron chi connectivity index (χ0n) is 12.4. The van der Waals surface area contributed by atoms with Crippen LogP contribution in [0, 0.1) is 17.3 Å². The molecule has 1 atom stereocenters. The van der Waals surface area contributed by atoms with Crippen LogP contribution in [0.25, 0.3) is 0 Å². The summed E-state index contributed by atoms with van der Waals surface area (Å²) in [5.74, 6) is 1.45. The summed E-state index contributed by atoms with van der Waals surface area (Å²) < 4.78 is 5.61. The number of nitrogens with zero attached hydrogens (tertiary/aromatic N) is 1. The summed E-state index contributed by atoms with van der Waals surface area (Å²) in [6, 6.07) is 0. The molecule has 2 aliphatic carbocycles. The minimum Gasteiger partial charge on any atom is -0.379 e. The Labute approximate surface area is 128 Å². The summed E-state index contributed by atoms with van der Waals surface area (Å²) >= 11 is 0. The molecular formula is C15H27ClN2O2. The molecule has 1 heterocycles. The fraction of sp³-hybridized carbons (Fsp3) is 0.933. The molecule has 3 rings (SSSR count). The van der Waals surface area contributed by atoms with E-state index in [1.165, 1.54) is 25.7 Å². The first-order chi connectivity index (χ1) is 9.21. The van der Waals surface area contributed by atoms with Crippen molar-refractivity contribution < 1.29 is 9.53 Å². The smallest absolute Gasteiger partial charge is 0.226 e. The van der Waals surface area contributed by atoms with E-state index in [1.54, 1.807) is 0 Å². The molecule has 1 saturated heterocycles. The summed E-state index contributed by atoms with van der Waals surface area (Å²) in [6.45, 7) is 4.49. The third-order valence-electron chi connectivity index (χ3n) is 5.08. The maximum atomic E-state index is 12.4. The quantitative estimate of drug-likeness (QED) is 0.759. The normalized spacial score (nSPS) is 26.9. The van der Waals surface area contributed by atoms with Gasteiger partial charge in [0.2, 0.25) is 5.91 Å². The summed E-state index contributed by atoms with van der Waals surface area (Å²) in [6.07, 6.45) is 6.12. The van der Waals surface area contributed by atoms with Crippen molar-refractivity contribution in [1.82, 2.24) is 10.2 Å². The highest BCUT2D eigenvalue weighted by Gasteiger charge is 2.58. The van der Waals surface area contributed by atoms with Gasteiger partial charge in [-0.25, -0.2) is 0 Å². The molecule has 1 aliphatic heterocycles. The minimum absolute atomic E-state index is 0. The molecule has 1 amide bonds. The number of amides is 1. The maximum Gasteiger partial charge on any atom is 0.226 e. The van der Waals surface area contributed by atoms with Gasteiger partial charge in [0.1, 0.15) is 0 Å². The average molecular weight is 303 g/mol. The topological polar surface area (TPSA) is 41.6 Å². The first kappa shape index (κ1) is 16.1. The molecule has 1 unspecified atom stereocenters. The van der Waals surface area contributed by atoms with Crippen molar-refractivity contribution in [3.8, 4) is 0 Å². The lowest BCUT2D eigenvalue weighted by atomic mass is 9.91. The van der Waals surface area contributed by atoms with Crippen LogP contribution < -0.4 is 5.32 Å². The predicted octanol–water partition coefficient (Wildman–Crippen LogP) is 1.68. The molecule has 20 heavy (non-hydrogen) atoms. The van der Waals surface area contributed by atoms with E-state index in [0.717, 1.165) is 38.6 Å². The number of likely N-dealkylation sites (N-methyl/N-ethyl adjacent to an activating group) is 1. The van der Waals surface area contributed by atoms with Gasteiger partial charge >= 0.3 is 0 Å². The van der Waals surface area contributed by atoms with Crippen molar-refractivity contribution in [2.75, 3.05) is 39.9 Å². The third-order valence-corrected chi connectivity index (χ3v) is 5.08. The van der Waals surface area contributed by atoms with Crippen LogP contribution in [0.5, 0.6) is 0 Å². The molecule has 0 radical (unpaired) electrons. The second kappa shape index (κ2) is 6.63. The molecule has 3 fully saturated rings. The van der Waals surface area contributed by atoms with Crippen LogP contribution in [0.15, 0.2) is 0 Å². The van der Waals surface area contributed by atoms with Crippen LogP contribution in [0.1, 0.15) is 32.1 Å². The highest BCUT2D eigenvalue weighted by atomic mass is 35.5. The van der Waals surface area contributed by atoms with Crippen molar-refractivity contribution in [3.05, 3.63) is 0 Å². The van der Waals surface area contributed by atoms with Crippen LogP contribution in [0.3, 0.4) is 0 Å². The number of carbonyl (C=O) groups is 1. The fourth-order valence-electron chi connectivity index (χ4n) is 3.29. The van der Waals surface area contributed by atoms with Crippen molar-refractivity contribution in [2.24, 2.45) is 17.3 Å². The lowest BCUT2D eigenvalue weighted by Crippen LogP contribution is -2.36.